The largest absolute Gasteiger partial charge is 0.453 e. The first-order valence-electron chi connectivity index (χ1n) is 16.1. The van der Waals surface area contributed by atoms with Crippen molar-refractivity contribution >= 4 is 40.0 Å². The molecule has 0 spiro atoms. The zero-order valence-corrected chi connectivity index (χ0v) is 27.2. The first kappa shape index (κ1) is 33.6. The smallest absolute Gasteiger partial charge is 0.259 e. The van der Waals surface area contributed by atoms with Gasteiger partial charge in [0, 0.05) is 47.9 Å². The lowest BCUT2D eigenvalue weighted by atomic mass is 9.83. The second-order valence-corrected chi connectivity index (χ2v) is 12.5. The Morgan fingerprint density at radius 3 is 2.66 bits per heavy atom. The zero-order chi connectivity index (χ0) is 33.7. The predicted octanol–water partition coefficient (Wildman–Crippen LogP) is 9.29. The number of carbonyl (C=O) groups excluding carboxylic acids is 1. The topological polar surface area (TPSA) is 111 Å². The summed E-state index contributed by atoms with van der Waals surface area (Å²) in [5.41, 5.74) is 7.03. The molecule has 47 heavy (non-hydrogen) atoms. The van der Waals surface area contributed by atoms with Gasteiger partial charge in [0.15, 0.2) is 23.2 Å². The molecular formula is C38H41F2N5O2. The number of ketones is 1. The second kappa shape index (κ2) is 14.8. The number of allylic oxidation sites excluding steroid dienone is 3. The first-order valence-corrected chi connectivity index (χ1v) is 16.1. The van der Waals surface area contributed by atoms with Crippen LogP contribution in [0.5, 0.6) is 5.75 Å². The van der Waals surface area contributed by atoms with Gasteiger partial charge in [-0.2, -0.15) is 4.39 Å². The third kappa shape index (κ3) is 7.96. The molecule has 0 amide bonds. The second-order valence-electron chi connectivity index (χ2n) is 12.5. The van der Waals surface area contributed by atoms with Crippen LogP contribution in [0, 0.1) is 29.5 Å². The van der Waals surface area contributed by atoms with Gasteiger partial charge in [-0.3, -0.25) is 9.79 Å². The lowest BCUT2D eigenvalue weighted by Crippen LogP contribution is -2.26. The summed E-state index contributed by atoms with van der Waals surface area (Å²) in [7, 11) is 0. The maximum atomic E-state index is 15.2. The number of nitrogens with one attached hydrogen (secondary N) is 3. The molecule has 0 radical (unpaired) electrons. The van der Waals surface area contributed by atoms with Gasteiger partial charge in [0.2, 0.25) is 0 Å². The molecule has 2 aromatic rings. The average Bonchev–Trinajstić information content (AvgIpc) is 3.25. The molecule has 244 valence electrons. The standard InChI is InChI=1S/C38H41F2N5O2/c1-5-25-19-30(12-13-32(25)33(46)20-29(42)17-24-8-10-28(41)11-9-24)45-38-36-26(7-6-16-43-38)18-27(21-44-36)31-14-15-34(35(39)23(31)4)47-37(40)22(2)3/h6-7,12-16,19,21,24,37,41-42H,2,5,8-11,17-18,20H2,1,3-4H3,(H,43,45). The summed E-state index contributed by atoms with van der Waals surface area (Å²) < 4.78 is 34.3. The van der Waals surface area contributed by atoms with E-state index in [1.54, 1.807) is 25.4 Å². The van der Waals surface area contributed by atoms with E-state index in [1.807, 2.05) is 37.3 Å². The highest BCUT2D eigenvalue weighted by atomic mass is 19.1. The maximum absolute atomic E-state index is 15.2. The summed E-state index contributed by atoms with van der Waals surface area (Å²) in [6, 6.07) is 8.75. The minimum Gasteiger partial charge on any atom is -0.453 e. The van der Waals surface area contributed by atoms with E-state index >= 15 is 4.39 Å². The number of benzene rings is 2. The van der Waals surface area contributed by atoms with Gasteiger partial charge in [-0.25, -0.2) is 9.38 Å². The highest BCUT2D eigenvalue weighted by Gasteiger charge is 2.25. The van der Waals surface area contributed by atoms with Crippen molar-refractivity contribution in [3.8, 4) is 5.75 Å². The van der Waals surface area contributed by atoms with Gasteiger partial charge in [-0.1, -0.05) is 25.6 Å². The van der Waals surface area contributed by atoms with Crippen LogP contribution in [0.3, 0.4) is 0 Å². The summed E-state index contributed by atoms with van der Waals surface area (Å²) >= 11 is 0. The lowest BCUT2D eigenvalue weighted by molar-refractivity contribution is 0.0973. The van der Waals surface area contributed by atoms with Crippen LogP contribution >= 0.6 is 0 Å². The van der Waals surface area contributed by atoms with Crippen LogP contribution < -0.4 is 10.1 Å². The monoisotopic (exact) mass is 637 g/mol. The molecule has 2 aliphatic heterocycles. The number of rotatable bonds is 11. The zero-order valence-electron chi connectivity index (χ0n) is 27.2. The third-order valence-corrected chi connectivity index (χ3v) is 8.83. The minimum atomic E-state index is -1.79. The fraction of sp³-hybridized carbons (Fsp3) is 0.342. The Bertz CT molecular complexity index is 1770. The molecule has 9 heteroatoms. The van der Waals surface area contributed by atoms with Gasteiger partial charge >= 0.3 is 0 Å². The SMILES string of the molecule is C=C(C)C(F)Oc1ccc(C2=CN=C3C(=CC=CN=C3Nc3ccc(C(=O)CC(=N)CC4CCC(=N)CC4)c(CC)c3)C2)c(C)c1F. The molecule has 2 aromatic carbocycles. The molecule has 3 N–H and O–H groups in total. The number of fused-ring (bicyclic) bond motifs is 1. The Morgan fingerprint density at radius 2 is 1.94 bits per heavy atom. The van der Waals surface area contributed by atoms with Crippen molar-refractivity contribution in [3.63, 3.8) is 0 Å². The Balaban J connectivity index is 1.30. The molecule has 0 aromatic heterocycles. The van der Waals surface area contributed by atoms with E-state index in [4.69, 9.17) is 20.5 Å². The maximum Gasteiger partial charge on any atom is 0.259 e. The molecule has 7 nitrogen and oxygen atoms in total. The number of Topliss-reactive ketones (excluding diaryl/α,β-unsaturated/α-hetero) is 1. The van der Waals surface area contributed by atoms with Crippen molar-refractivity contribution in [1.82, 2.24) is 0 Å². The van der Waals surface area contributed by atoms with E-state index in [2.05, 4.69) is 16.9 Å². The quantitative estimate of drug-likeness (QED) is 0.130. The summed E-state index contributed by atoms with van der Waals surface area (Å²) in [5.74, 6) is 0.0771. The third-order valence-electron chi connectivity index (χ3n) is 8.83. The lowest BCUT2D eigenvalue weighted by Gasteiger charge is -2.22. The number of hydrogen-bond donors (Lipinski definition) is 3. The van der Waals surface area contributed by atoms with Crippen molar-refractivity contribution < 1.29 is 18.3 Å². The number of alkyl halides is 1. The van der Waals surface area contributed by atoms with E-state index in [9.17, 15) is 9.18 Å². The summed E-state index contributed by atoms with van der Waals surface area (Å²) in [6.45, 7) is 8.64. The van der Waals surface area contributed by atoms with Crippen molar-refractivity contribution in [2.45, 2.75) is 78.5 Å². The molecule has 1 fully saturated rings. The highest BCUT2D eigenvalue weighted by Crippen LogP contribution is 2.35. The summed E-state index contributed by atoms with van der Waals surface area (Å²) in [4.78, 5) is 22.5. The fourth-order valence-electron chi connectivity index (χ4n) is 6.13. The number of amidine groups is 1. The molecule has 1 saturated carbocycles. The van der Waals surface area contributed by atoms with Gasteiger partial charge in [0.05, 0.1) is 0 Å². The molecule has 0 saturated heterocycles. The number of halogens is 2. The van der Waals surface area contributed by atoms with Crippen LogP contribution in [-0.2, 0) is 6.42 Å². The number of carbonyl (C=O) groups is 1. The number of ether oxygens (including phenoxy) is 1. The van der Waals surface area contributed by atoms with Crippen LogP contribution in [0.25, 0.3) is 5.57 Å². The molecule has 2 heterocycles. The van der Waals surface area contributed by atoms with Gasteiger partial charge in [0.1, 0.15) is 5.71 Å². The Labute approximate surface area is 275 Å². The highest BCUT2D eigenvalue weighted by molar-refractivity contribution is 6.52. The molecule has 3 aliphatic rings. The van der Waals surface area contributed by atoms with Crippen molar-refractivity contribution in [2.24, 2.45) is 15.9 Å². The van der Waals surface area contributed by atoms with E-state index < -0.39 is 12.2 Å². The Kier molecular flexibility index (Phi) is 10.5. The Morgan fingerprint density at radius 1 is 1.17 bits per heavy atom. The van der Waals surface area contributed by atoms with Crippen molar-refractivity contribution in [1.29, 1.82) is 10.8 Å². The molecule has 5 rings (SSSR count). The van der Waals surface area contributed by atoms with Gasteiger partial charge in [0.25, 0.3) is 6.36 Å². The van der Waals surface area contributed by atoms with Gasteiger partial charge in [-0.15, -0.1) is 0 Å². The predicted molar refractivity (Wildman–Crippen MR) is 187 cm³/mol. The molecule has 0 bridgehead atoms. The molecule has 1 aliphatic carbocycles. The number of anilines is 1. The van der Waals surface area contributed by atoms with Crippen molar-refractivity contribution in [3.05, 3.63) is 101 Å². The van der Waals surface area contributed by atoms with Crippen LogP contribution in [0.15, 0.2) is 82.6 Å². The normalized spacial score (nSPS) is 18.1. The van der Waals surface area contributed by atoms with Crippen LogP contribution in [0.1, 0.15) is 85.8 Å². The number of aryl methyl sites for hydroxylation is 1. The van der Waals surface area contributed by atoms with Crippen molar-refractivity contribution in [2.75, 3.05) is 5.32 Å². The van der Waals surface area contributed by atoms with Crippen LogP contribution in [0.2, 0.25) is 0 Å². The van der Waals surface area contributed by atoms with E-state index in [1.165, 1.54) is 13.0 Å². The first-order chi connectivity index (χ1) is 22.5. The van der Waals surface area contributed by atoms with E-state index in [-0.39, 0.29) is 23.5 Å². The number of nitrogens with zero attached hydrogens (tertiary/aromatic N) is 2. The van der Waals surface area contributed by atoms with Gasteiger partial charge < -0.3 is 20.9 Å². The Hall–Kier alpha value is -4.79. The summed E-state index contributed by atoms with van der Waals surface area (Å²) in [6.07, 6.45) is 10.6. The van der Waals surface area contributed by atoms with E-state index in [0.717, 1.165) is 53.8 Å². The molecular weight excluding hydrogens is 596 g/mol. The van der Waals surface area contributed by atoms with E-state index in [0.29, 0.717) is 59.1 Å². The van der Waals surface area contributed by atoms with Crippen LogP contribution in [0.4, 0.5) is 14.5 Å². The van der Waals surface area contributed by atoms with Crippen LogP contribution in [-0.4, -0.2) is 35.1 Å². The average molecular weight is 638 g/mol. The molecule has 1 unspecified atom stereocenters. The minimum absolute atomic E-state index is 0.0529. The fourth-order valence-corrected chi connectivity index (χ4v) is 6.13. The number of aliphatic imine (C=N–C) groups is 2. The summed E-state index contributed by atoms with van der Waals surface area (Å²) in [5, 5.41) is 19.7. The van der Waals surface area contributed by atoms with Gasteiger partial charge in [-0.05, 0) is 122 Å². The molecule has 1 atom stereocenters. The number of hydrogen-bond acceptors (Lipinski definition) is 7.